The molecule has 1 aromatic carbocycles. The van der Waals surface area contributed by atoms with Crippen LogP contribution in [0.5, 0.6) is 0 Å². The monoisotopic (exact) mass is 285 g/mol. The maximum absolute atomic E-state index is 12.9. The largest absolute Gasteiger partial charge is 0.374 e. The van der Waals surface area contributed by atoms with E-state index in [4.69, 9.17) is 4.74 Å². The minimum Gasteiger partial charge on any atom is -0.374 e. The fourth-order valence-electron chi connectivity index (χ4n) is 4.60. The van der Waals surface area contributed by atoms with Gasteiger partial charge in [0.25, 0.3) is 0 Å². The van der Waals surface area contributed by atoms with Gasteiger partial charge in [-0.25, -0.2) is 0 Å². The molecule has 3 heterocycles. The van der Waals surface area contributed by atoms with Crippen molar-refractivity contribution in [2.24, 2.45) is 11.8 Å². The average molecular weight is 285 g/mol. The highest BCUT2D eigenvalue weighted by molar-refractivity contribution is 5.84. The molecule has 3 saturated heterocycles. The highest BCUT2D eigenvalue weighted by Gasteiger charge is 2.54. The van der Waals surface area contributed by atoms with Crippen molar-refractivity contribution < 1.29 is 9.53 Å². The van der Waals surface area contributed by atoms with Gasteiger partial charge >= 0.3 is 0 Å². The lowest BCUT2D eigenvalue weighted by molar-refractivity contribution is -0.132. The molecule has 0 unspecified atom stereocenters. The minimum absolute atomic E-state index is 0.0172. The van der Waals surface area contributed by atoms with Crippen molar-refractivity contribution in [3.05, 3.63) is 35.9 Å². The summed E-state index contributed by atoms with van der Waals surface area (Å²) in [6, 6.07) is 10.2. The summed E-state index contributed by atoms with van der Waals surface area (Å²) in [6.45, 7) is 3.93. The van der Waals surface area contributed by atoms with Gasteiger partial charge in [-0.3, -0.25) is 4.79 Å². The summed E-state index contributed by atoms with van der Waals surface area (Å²) >= 11 is 0. The molecule has 3 aliphatic heterocycles. The molecule has 3 nitrogen and oxygen atoms in total. The van der Waals surface area contributed by atoms with Crippen LogP contribution in [0.25, 0.3) is 0 Å². The van der Waals surface area contributed by atoms with E-state index in [0.29, 0.717) is 30.0 Å². The molecule has 0 N–H and O–H groups in total. The lowest BCUT2D eigenvalue weighted by Crippen LogP contribution is -2.35. The van der Waals surface area contributed by atoms with E-state index in [-0.39, 0.29) is 5.92 Å². The average Bonchev–Trinajstić information content (AvgIpc) is 3.21. The summed E-state index contributed by atoms with van der Waals surface area (Å²) in [5.74, 6) is 1.53. The molecule has 4 rings (SSSR count). The second-order valence-electron chi connectivity index (χ2n) is 6.73. The Morgan fingerprint density at radius 1 is 1.19 bits per heavy atom. The molecule has 0 radical (unpaired) electrons. The Morgan fingerprint density at radius 3 is 2.38 bits per heavy atom. The van der Waals surface area contributed by atoms with Crippen molar-refractivity contribution in [2.45, 2.75) is 44.3 Å². The quantitative estimate of drug-likeness (QED) is 0.854. The zero-order valence-electron chi connectivity index (χ0n) is 12.6. The van der Waals surface area contributed by atoms with Crippen LogP contribution >= 0.6 is 0 Å². The standard InChI is InChI=1S/C18H23NO2/c1-2-13(12-6-4-3-5-7-12)18(20)19-10-14-15(11-19)17-9-8-16(14)21-17/h3-7,13-17H,2,8-11H2,1H3/t13-,14-,15-,16+,17+/m0/s1. The highest BCUT2D eigenvalue weighted by Crippen LogP contribution is 2.47. The van der Waals surface area contributed by atoms with Gasteiger partial charge in [0.15, 0.2) is 0 Å². The van der Waals surface area contributed by atoms with E-state index in [1.807, 2.05) is 18.2 Å². The first-order valence-electron chi connectivity index (χ1n) is 8.27. The fourth-order valence-corrected chi connectivity index (χ4v) is 4.60. The molecule has 3 fully saturated rings. The maximum Gasteiger partial charge on any atom is 0.230 e. The highest BCUT2D eigenvalue weighted by atomic mass is 16.5. The molecular formula is C18H23NO2. The van der Waals surface area contributed by atoms with Crippen LogP contribution in [0.4, 0.5) is 0 Å². The molecule has 21 heavy (non-hydrogen) atoms. The van der Waals surface area contributed by atoms with E-state index in [1.165, 1.54) is 12.8 Å². The number of carbonyl (C=O) groups excluding carboxylic acids is 1. The van der Waals surface area contributed by atoms with Crippen LogP contribution in [-0.4, -0.2) is 36.1 Å². The number of likely N-dealkylation sites (tertiary alicyclic amines) is 1. The second-order valence-corrected chi connectivity index (χ2v) is 6.73. The summed E-state index contributed by atoms with van der Waals surface area (Å²) in [4.78, 5) is 15.0. The lowest BCUT2D eigenvalue weighted by atomic mass is 9.82. The van der Waals surface area contributed by atoms with E-state index < -0.39 is 0 Å². The van der Waals surface area contributed by atoms with E-state index in [0.717, 1.165) is 25.1 Å². The molecule has 0 aromatic heterocycles. The summed E-state index contributed by atoms with van der Waals surface area (Å²) in [5, 5.41) is 0. The van der Waals surface area contributed by atoms with Crippen molar-refractivity contribution in [1.82, 2.24) is 4.90 Å². The zero-order valence-corrected chi connectivity index (χ0v) is 12.6. The third kappa shape index (κ3) is 2.10. The van der Waals surface area contributed by atoms with Crippen LogP contribution in [0.3, 0.4) is 0 Å². The van der Waals surface area contributed by atoms with Crippen molar-refractivity contribution >= 4 is 5.91 Å². The predicted molar refractivity (Wildman–Crippen MR) is 80.9 cm³/mol. The number of carbonyl (C=O) groups is 1. The Kier molecular flexibility index (Phi) is 3.26. The van der Waals surface area contributed by atoms with Gasteiger partial charge < -0.3 is 9.64 Å². The predicted octanol–water partition coefficient (Wildman–Crippen LogP) is 2.82. The molecule has 0 aliphatic carbocycles. The first-order valence-corrected chi connectivity index (χ1v) is 8.27. The van der Waals surface area contributed by atoms with Crippen LogP contribution in [0.1, 0.15) is 37.7 Å². The first-order chi connectivity index (χ1) is 10.3. The second kappa shape index (κ2) is 5.13. The topological polar surface area (TPSA) is 29.5 Å². The number of rotatable bonds is 3. The SMILES string of the molecule is CC[C@H](C(=O)N1C[C@H]2[C@H](C1)[C@H]1CC[C@H]2O1)c1ccccc1. The Balaban J connectivity index is 1.50. The number of ether oxygens (including phenoxy) is 1. The molecule has 0 saturated carbocycles. The third-order valence-corrected chi connectivity index (χ3v) is 5.67. The van der Waals surface area contributed by atoms with Gasteiger partial charge in [0, 0.05) is 24.9 Å². The minimum atomic E-state index is 0.0172. The molecule has 112 valence electrons. The molecular weight excluding hydrogens is 262 g/mol. The van der Waals surface area contributed by atoms with Crippen LogP contribution in [-0.2, 0) is 9.53 Å². The third-order valence-electron chi connectivity index (χ3n) is 5.67. The van der Waals surface area contributed by atoms with Gasteiger partial charge in [-0.05, 0) is 24.8 Å². The van der Waals surface area contributed by atoms with Gasteiger partial charge in [-0.15, -0.1) is 0 Å². The maximum atomic E-state index is 12.9. The van der Waals surface area contributed by atoms with Gasteiger partial charge in [-0.1, -0.05) is 37.3 Å². The van der Waals surface area contributed by atoms with Crippen molar-refractivity contribution in [2.75, 3.05) is 13.1 Å². The number of hydrogen-bond acceptors (Lipinski definition) is 2. The Morgan fingerprint density at radius 2 is 1.81 bits per heavy atom. The molecule has 3 heteroatoms. The van der Waals surface area contributed by atoms with Crippen LogP contribution in [0.15, 0.2) is 30.3 Å². The Hall–Kier alpha value is -1.35. The Bertz CT molecular complexity index is 511. The normalized spacial score (nSPS) is 35.0. The van der Waals surface area contributed by atoms with Crippen LogP contribution in [0.2, 0.25) is 0 Å². The molecule has 3 aliphatic rings. The zero-order chi connectivity index (χ0) is 14.4. The summed E-state index contributed by atoms with van der Waals surface area (Å²) in [7, 11) is 0. The number of amides is 1. The van der Waals surface area contributed by atoms with Gasteiger partial charge in [0.1, 0.15) is 0 Å². The van der Waals surface area contributed by atoms with E-state index in [2.05, 4.69) is 24.0 Å². The van der Waals surface area contributed by atoms with E-state index in [9.17, 15) is 4.79 Å². The summed E-state index contributed by atoms with van der Waals surface area (Å²) in [6.07, 6.45) is 4.12. The number of nitrogens with zero attached hydrogens (tertiary/aromatic N) is 1. The van der Waals surface area contributed by atoms with Gasteiger partial charge in [-0.2, -0.15) is 0 Å². The number of benzene rings is 1. The number of fused-ring (bicyclic) bond motifs is 5. The van der Waals surface area contributed by atoms with E-state index >= 15 is 0 Å². The van der Waals surface area contributed by atoms with Crippen molar-refractivity contribution in [3.8, 4) is 0 Å². The van der Waals surface area contributed by atoms with Gasteiger partial charge in [0.05, 0.1) is 18.1 Å². The molecule has 1 amide bonds. The van der Waals surface area contributed by atoms with Gasteiger partial charge in [0.2, 0.25) is 5.91 Å². The van der Waals surface area contributed by atoms with Crippen molar-refractivity contribution in [1.29, 1.82) is 0 Å². The number of hydrogen-bond donors (Lipinski definition) is 0. The molecule has 1 aromatic rings. The van der Waals surface area contributed by atoms with Crippen molar-refractivity contribution in [3.63, 3.8) is 0 Å². The smallest absolute Gasteiger partial charge is 0.230 e. The molecule has 2 bridgehead atoms. The summed E-state index contributed by atoms with van der Waals surface area (Å²) < 4.78 is 6.00. The Labute approximate surface area is 126 Å². The first kappa shape index (κ1) is 13.3. The molecule has 5 atom stereocenters. The van der Waals surface area contributed by atoms with E-state index in [1.54, 1.807) is 0 Å². The summed E-state index contributed by atoms with van der Waals surface area (Å²) in [5.41, 5.74) is 1.15. The fraction of sp³-hybridized carbons (Fsp3) is 0.611. The van der Waals surface area contributed by atoms with Crippen LogP contribution < -0.4 is 0 Å². The lowest BCUT2D eigenvalue weighted by Gasteiger charge is -2.24. The molecule has 0 spiro atoms. The van der Waals surface area contributed by atoms with Crippen LogP contribution in [0, 0.1) is 11.8 Å².